The molecule has 0 saturated heterocycles. The van der Waals surface area contributed by atoms with E-state index >= 15 is 0 Å². The van der Waals surface area contributed by atoms with Crippen LogP contribution in [0.5, 0.6) is 0 Å². The van der Waals surface area contributed by atoms with Gasteiger partial charge in [-0.1, -0.05) is 41.6 Å². The van der Waals surface area contributed by atoms with Crippen molar-refractivity contribution in [3.63, 3.8) is 0 Å². The molecule has 0 aliphatic rings. The number of carbonyl (C=O) groups is 2. The molecule has 1 N–H and O–H groups in total. The quantitative estimate of drug-likeness (QED) is 0.713. The van der Waals surface area contributed by atoms with Crippen LogP contribution in [0.15, 0.2) is 59.1 Å². The molecule has 0 bridgehead atoms. The molecule has 0 aliphatic heterocycles. The maximum absolute atomic E-state index is 12.5. The molecule has 7 nitrogen and oxygen atoms in total. The Kier molecular flexibility index (Phi) is 5.84. The van der Waals surface area contributed by atoms with Gasteiger partial charge in [-0.05, 0) is 25.1 Å². The minimum Gasteiger partial charge on any atom is -0.349 e. The van der Waals surface area contributed by atoms with Crippen molar-refractivity contribution < 1.29 is 14.1 Å². The van der Waals surface area contributed by atoms with Crippen molar-refractivity contribution in [2.24, 2.45) is 0 Å². The molecule has 3 rings (SSSR count). The van der Waals surface area contributed by atoms with Crippen LogP contribution in [0, 0.1) is 0 Å². The lowest BCUT2D eigenvalue weighted by Gasteiger charge is -2.13. The third kappa shape index (κ3) is 4.62. The largest absolute Gasteiger partial charge is 0.349 e. The second kappa shape index (κ2) is 8.47. The normalized spacial score (nSPS) is 11.7. The lowest BCUT2D eigenvalue weighted by molar-refractivity contribution is 0.0827. The first kappa shape index (κ1) is 19.3. The fourth-order valence-corrected chi connectivity index (χ4v) is 2.71. The number of nitrogens with one attached hydrogen (secondary N) is 1. The van der Waals surface area contributed by atoms with Gasteiger partial charge in [0.05, 0.1) is 0 Å². The van der Waals surface area contributed by atoms with Gasteiger partial charge in [0.15, 0.2) is 0 Å². The molecule has 144 valence electrons. The third-order valence-electron chi connectivity index (χ3n) is 4.14. The van der Waals surface area contributed by atoms with E-state index in [9.17, 15) is 9.59 Å². The van der Waals surface area contributed by atoms with E-state index in [2.05, 4.69) is 15.5 Å². The van der Waals surface area contributed by atoms with Crippen LogP contribution < -0.4 is 5.32 Å². The Morgan fingerprint density at radius 2 is 1.79 bits per heavy atom. The minimum atomic E-state index is -0.260. The number of aromatic nitrogens is 2. The summed E-state index contributed by atoms with van der Waals surface area (Å²) in [7, 11) is 3.34. The lowest BCUT2D eigenvalue weighted by Crippen LogP contribution is -2.34. The summed E-state index contributed by atoms with van der Waals surface area (Å²) in [6.45, 7) is 1.86. The van der Waals surface area contributed by atoms with E-state index < -0.39 is 0 Å². The molecule has 28 heavy (non-hydrogen) atoms. The third-order valence-corrected chi connectivity index (χ3v) is 4.14. The van der Waals surface area contributed by atoms with Gasteiger partial charge in [-0.15, -0.1) is 0 Å². The molecule has 1 aromatic heterocycles. The van der Waals surface area contributed by atoms with Crippen molar-refractivity contribution in [2.75, 3.05) is 14.1 Å². The molecule has 0 aliphatic carbocycles. The van der Waals surface area contributed by atoms with Gasteiger partial charge >= 0.3 is 0 Å². The van der Waals surface area contributed by atoms with Crippen molar-refractivity contribution in [2.45, 2.75) is 19.4 Å². The van der Waals surface area contributed by atoms with Crippen molar-refractivity contribution in [1.82, 2.24) is 20.4 Å². The minimum absolute atomic E-state index is 0.151. The van der Waals surface area contributed by atoms with E-state index in [-0.39, 0.29) is 17.9 Å². The summed E-state index contributed by atoms with van der Waals surface area (Å²) in [5.41, 5.74) is 1.77. The number of amides is 2. The summed E-state index contributed by atoms with van der Waals surface area (Å²) in [5.74, 6) is 0.554. The van der Waals surface area contributed by atoms with Crippen LogP contribution >= 0.6 is 0 Å². The fourth-order valence-electron chi connectivity index (χ4n) is 2.71. The Labute approximate surface area is 163 Å². The van der Waals surface area contributed by atoms with E-state index in [1.807, 2.05) is 37.3 Å². The zero-order valence-electron chi connectivity index (χ0n) is 16.0. The number of rotatable bonds is 6. The Morgan fingerprint density at radius 3 is 2.50 bits per heavy atom. The lowest BCUT2D eigenvalue weighted by atomic mass is 10.1. The Balaban J connectivity index is 1.63. The first-order valence-corrected chi connectivity index (χ1v) is 8.94. The highest BCUT2D eigenvalue weighted by Gasteiger charge is 2.16. The molecule has 1 heterocycles. The highest BCUT2D eigenvalue weighted by atomic mass is 16.5. The standard InChI is InChI=1S/C21H22N4O3/c1-14(12-18-23-19(24-28-18)15-8-5-4-6-9-15)22-20(26)16-10-7-11-17(13-16)21(27)25(2)3/h4-11,13-14H,12H2,1-3H3,(H,22,26). The highest BCUT2D eigenvalue weighted by Crippen LogP contribution is 2.15. The van der Waals surface area contributed by atoms with E-state index in [4.69, 9.17) is 4.52 Å². The Hall–Kier alpha value is -3.48. The number of hydrogen-bond donors (Lipinski definition) is 1. The number of carbonyl (C=O) groups excluding carboxylic acids is 2. The van der Waals surface area contributed by atoms with Crippen LogP contribution in [-0.2, 0) is 6.42 Å². The van der Waals surface area contributed by atoms with Gasteiger partial charge in [0.25, 0.3) is 11.8 Å². The molecule has 1 atom stereocenters. The second-order valence-electron chi connectivity index (χ2n) is 6.74. The van der Waals surface area contributed by atoms with E-state index in [0.717, 1.165) is 5.56 Å². The molecule has 0 radical (unpaired) electrons. The summed E-state index contributed by atoms with van der Waals surface area (Å²) in [6.07, 6.45) is 0.405. The van der Waals surface area contributed by atoms with E-state index in [1.165, 1.54) is 4.90 Å². The highest BCUT2D eigenvalue weighted by molar-refractivity contribution is 5.99. The van der Waals surface area contributed by atoms with E-state index in [0.29, 0.717) is 29.3 Å². The fraction of sp³-hybridized carbons (Fsp3) is 0.238. The predicted molar refractivity (Wildman–Crippen MR) is 105 cm³/mol. The number of nitrogens with zero attached hydrogens (tertiary/aromatic N) is 3. The second-order valence-corrected chi connectivity index (χ2v) is 6.74. The molecule has 2 aromatic carbocycles. The van der Waals surface area contributed by atoms with E-state index in [1.54, 1.807) is 38.4 Å². The topological polar surface area (TPSA) is 88.3 Å². The summed E-state index contributed by atoms with van der Waals surface area (Å²) in [6, 6.07) is 16.0. The number of hydrogen-bond acceptors (Lipinski definition) is 5. The predicted octanol–water partition coefficient (Wildman–Crippen LogP) is 2.80. The SMILES string of the molecule is CC(Cc1nc(-c2ccccc2)no1)NC(=O)c1cccc(C(=O)N(C)C)c1. The van der Waals surface area contributed by atoms with Gasteiger partial charge in [-0.3, -0.25) is 9.59 Å². The summed E-state index contributed by atoms with van der Waals surface area (Å²) >= 11 is 0. The summed E-state index contributed by atoms with van der Waals surface area (Å²) in [4.78, 5) is 30.4. The van der Waals surface area contributed by atoms with Crippen molar-refractivity contribution in [3.05, 3.63) is 71.6 Å². The first-order chi connectivity index (χ1) is 13.4. The van der Waals surface area contributed by atoms with Gasteiger partial charge in [-0.2, -0.15) is 4.98 Å². The maximum atomic E-state index is 12.5. The smallest absolute Gasteiger partial charge is 0.253 e. The Morgan fingerprint density at radius 1 is 1.07 bits per heavy atom. The molecule has 7 heteroatoms. The van der Waals surface area contributed by atoms with Crippen LogP contribution in [0.1, 0.15) is 33.5 Å². The molecule has 2 amide bonds. The van der Waals surface area contributed by atoms with Crippen molar-refractivity contribution >= 4 is 11.8 Å². The molecule has 3 aromatic rings. The van der Waals surface area contributed by atoms with Gasteiger partial charge in [0.2, 0.25) is 11.7 Å². The zero-order chi connectivity index (χ0) is 20.1. The Bertz CT molecular complexity index is 967. The monoisotopic (exact) mass is 378 g/mol. The van der Waals surface area contributed by atoms with Crippen LogP contribution in [-0.4, -0.2) is 47.0 Å². The molecule has 1 unspecified atom stereocenters. The average Bonchev–Trinajstić information content (AvgIpc) is 3.16. The van der Waals surface area contributed by atoms with Crippen LogP contribution in [0.4, 0.5) is 0 Å². The molecular weight excluding hydrogens is 356 g/mol. The maximum Gasteiger partial charge on any atom is 0.253 e. The molecule has 0 saturated carbocycles. The first-order valence-electron chi connectivity index (χ1n) is 8.94. The zero-order valence-corrected chi connectivity index (χ0v) is 16.0. The van der Waals surface area contributed by atoms with Gasteiger partial charge in [0, 0.05) is 43.2 Å². The number of benzene rings is 2. The summed E-state index contributed by atoms with van der Waals surface area (Å²) < 4.78 is 5.29. The van der Waals surface area contributed by atoms with Crippen molar-refractivity contribution in [1.29, 1.82) is 0 Å². The average molecular weight is 378 g/mol. The molecule has 0 fully saturated rings. The van der Waals surface area contributed by atoms with Gasteiger partial charge in [0.1, 0.15) is 0 Å². The van der Waals surface area contributed by atoms with Crippen LogP contribution in [0.25, 0.3) is 11.4 Å². The van der Waals surface area contributed by atoms with Crippen LogP contribution in [0.3, 0.4) is 0 Å². The summed E-state index contributed by atoms with van der Waals surface area (Å²) in [5, 5.41) is 6.88. The van der Waals surface area contributed by atoms with Crippen molar-refractivity contribution in [3.8, 4) is 11.4 Å². The molecular formula is C21H22N4O3. The van der Waals surface area contributed by atoms with Gasteiger partial charge in [-0.25, -0.2) is 0 Å². The van der Waals surface area contributed by atoms with Crippen LogP contribution in [0.2, 0.25) is 0 Å². The van der Waals surface area contributed by atoms with Gasteiger partial charge < -0.3 is 14.7 Å². The molecule has 0 spiro atoms.